The number of piperidine rings is 1. The van der Waals surface area contributed by atoms with Gasteiger partial charge >= 0.3 is 0 Å². The van der Waals surface area contributed by atoms with E-state index in [0.717, 1.165) is 61.2 Å². The van der Waals surface area contributed by atoms with E-state index in [9.17, 15) is 0 Å². The number of hydrogen-bond acceptors (Lipinski definition) is 5. The summed E-state index contributed by atoms with van der Waals surface area (Å²) in [5, 5.41) is 13.8. The van der Waals surface area contributed by atoms with Gasteiger partial charge in [0.05, 0.1) is 6.54 Å². The monoisotopic (exact) mass is 546 g/mol. The van der Waals surface area contributed by atoms with Crippen molar-refractivity contribution in [3.05, 3.63) is 60.0 Å². The second-order valence-corrected chi connectivity index (χ2v) is 7.83. The highest BCUT2D eigenvalue weighted by atomic mass is 127. The van der Waals surface area contributed by atoms with Crippen LogP contribution in [0.2, 0.25) is 0 Å². The fourth-order valence-corrected chi connectivity index (χ4v) is 3.75. The molecule has 0 saturated carbocycles. The summed E-state index contributed by atoms with van der Waals surface area (Å²) >= 11 is 0. The number of H-pyrrole nitrogens is 1. The Balaban J connectivity index is 0.00000289. The molecule has 1 aromatic carbocycles. The first-order valence-electron chi connectivity index (χ1n) is 10.9. The van der Waals surface area contributed by atoms with Crippen molar-refractivity contribution in [1.29, 1.82) is 0 Å². The van der Waals surface area contributed by atoms with Crippen LogP contribution in [0.4, 0.5) is 5.82 Å². The summed E-state index contributed by atoms with van der Waals surface area (Å²) < 4.78 is 0. The molecule has 1 saturated heterocycles. The summed E-state index contributed by atoms with van der Waals surface area (Å²) in [6.07, 6.45) is 5.57. The maximum Gasteiger partial charge on any atom is 0.191 e. The zero-order valence-electron chi connectivity index (χ0n) is 18.6. The van der Waals surface area contributed by atoms with Crippen molar-refractivity contribution in [1.82, 2.24) is 30.8 Å². The summed E-state index contributed by atoms with van der Waals surface area (Å²) in [7, 11) is 0. The molecule has 1 aliphatic rings. The number of nitrogens with zero attached hydrogens (tertiary/aromatic N) is 5. The summed E-state index contributed by atoms with van der Waals surface area (Å²) in [6, 6.07) is 12.9. The van der Waals surface area contributed by atoms with E-state index in [4.69, 9.17) is 4.99 Å². The Morgan fingerprint density at radius 2 is 2.03 bits per heavy atom. The number of hydrogen-bond donors (Lipinski definition) is 3. The summed E-state index contributed by atoms with van der Waals surface area (Å²) in [4.78, 5) is 16.0. The largest absolute Gasteiger partial charge is 0.357 e. The molecule has 0 radical (unpaired) electrons. The number of nitrogens with one attached hydrogen (secondary N) is 3. The number of anilines is 1. The number of pyridine rings is 1. The van der Waals surface area contributed by atoms with Crippen LogP contribution in [-0.2, 0) is 6.54 Å². The van der Waals surface area contributed by atoms with Crippen molar-refractivity contribution in [3.63, 3.8) is 0 Å². The zero-order chi connectivity index (χ0) is 21.5. The molecular weight excluding hydrogens is 515 g/mol. The van der Waals surface area contributed by atoms with Crippen molar-refractivity contribution in [2.24, 2.45) is 4.99 Å². The topological polar surface area (TPSA) is 94.1 Å². The molecule has 0 spiro atoms. The first-order chi connectivity index (χ1) is 15.2. The number of guanidine groups is 1. The fraction of sp³-hybridized carbons (Fsp3) is 0.391. The number of aromatic amines is 1. The minimum absolute atomic E-state index is 0. The lowest BCUT2D eigenvalue weighted by atomic mass is 10.1. The van der Waals surface area contributed by atoms with Gasteiger partial charge < -0.3 is 15.5 Å². The Morgan fingerprint density at radius 1 is 1.19 bits per heavy atom. The van der Waals surface area contributed by atoms with Crippen LogP contribution in [0.1, 0.15) is 30.9 Å². The van der Waals surface area contributed by atoms with Crippen molar-refractivity contribution < 1.29 is 0 Å². The maximum atomic E-state index is 4.81. The number of aromatic nitrogens is 4. The van der Waals surface area contributed by atoms with Gasteiger partial charge in [0, 0.05) is 37.4 Å². The molecular formula is C23H31IN8. The molecule has 3 N–H and O–H groups in total. The normalized spacial score (nSPS) is 14.7. The molecule has 0 unspecified atom stereocenters. The number of benzene rings is 1. The van der Waals surface area contributed by atoms with Crippen molar-refractivity contribution in [2.45, 2.75) is 39.3 Å². The predicted molar refractivity (Wildman–Crippen MR) is 139 cm³/mol. The Hall–Kier alpha value is -2.69. The summed E-state index contributed by atoms with van der Waals surface area (Å²) in [6.45, 7) is 7.57. The van der Waals surface area contributed by atoms with Gasteiger partial charge in [0.1, 0.15) is 12.1 Å². The van der Waals surface area contributed by atoms with Crippen molar-refractivity contribution in [2.75, 3.05) is 24.5 Å². The van der Waals surface area contributed by atoms with Gasteiger partial charge in [-0.05, 0) is 49.9 Å². The number of aryl methyl sites for hydroxylation is 1. The van der Waals surface area contributed by atoms with Gasteiger partial charge in [-0.1, -0.05) is 24.3 Å². The third-order valence-corrected chi connectivity index (χ3v) is 5.43. The standard InChI is InChI=1S/C23H30N8.HI/c1-3-24-23(26-15-18-5-4-6-19(13-18)22-27-16-28-30-22)29-20-9-11-31(12-10-20)21-8-7-17(2)14-25-21;/h4-8,13-14,16,20H,3,9-12,15H2,1-2H3,(H2,24,26,29)(H,27,28,30);1H. The van der Waals surface area contributed by atoms with Gasteiger partial charge in [0.15, 0.2) is 11.8 Å². The zero-order valence-corrected chi connectivity index (χ0v) is 20.9. The van der Waals surface area contributed by atoms with Crippen LogP contribution in [0.15, 0.2) is 53.9 Å². The smallest absolute Gasteiger partial charge is 0.191 e. The van der Waals surface area contributed by atoms with Gasteiger partial charge in [-0.25, -0.2) is 15.0 Å². The van der Waals surface area contributed by atoms with Crippen LogP contribution in [0.3, 0.4) is 0 Å². The quantitative estimate of drug-likeness (QED) is 0.249. The van der Waals surface area contributed by atoms with Gasteiger partial charge in [-0.2, -0.15) is 5.10 Å². The van der Waals surface area contributed by atoms with Gasteiger partial charge in [0.2, 0.25) is 0 Å². The fourth-order valence-electron chi connectivity index (χ4n) is 3.75. The lowest BCUT2D eigenvalue weighted by Crippen LogP contribution is -2.48. The molecule has 0 aliphatic carbocycles. The van der Waals surface area contributed by atoms with Crippen molar-refractivity contribution >= 4 is 35.8 Å². The first kappa shape index (κ1) is 24.0. The highest BCUT2D eigenvalue weighted by Gasteiger charge is 2.20. The molecule has 0 atom stereocenters. The number of halogens is 1. The molecule has 2 aromatic heterocycles. The van der Waals surface area contributed by atoms with Crippen LogP contribution >= 0.6 is 24.0 Å². The predicted octanol–water partition coefficient (Wildman–Crippen LogP) is 3.52. The third kappa shape index (κ3) is 6.41. The van der Waals surface area contributed by atoms with E-state index in [-0.39, 0.29) is 24.0 Å². The molecule has 8 nitrogen and oxygen atoms in total. The Bertz CT molecular complexity index is 979. The van der Waals surface area contributed by atoms with E-state index in [0.29, 0.717) is 12.6 Å². The average molecular weight is 546 g/mol. The van der Waals surface area contributed by atoms with Crippen LogP contribution in [0.5, 0.6) is 0 Å². The van der Waals surface area contributed by atoms with E-state index >= 15 is 0 Å². The second-order valence-electron chi connectivity index (χ2n) is 7.83. The van der Waals surface area contributed by atoms with E-state index in [1.54, 1.807) is 0 Å². The Morgan fingerprint density at radius 3 is 2.72 bits per heavy atom. The van der Waals surface area contributed by atoms with Crippen LogP contribution in [-0.4, -0.2) is 51.8 Å². The van der Waals surface area contributed by atoms with Crippen LogP contribution < -0.4 is 15.5 Å². The molecule has 1 fully saturated rings. The summed E-state index contributed by atoms with van der Waals surface area (Å²) in [5.41, 5.74) is 3.34. The van der Waals surface area contributed by atoms with E-state index in [2.05, 4.69) is 73.8 Å². The molecule has 3 aromatic rings. The third-order valence-electron chi connectivity index (χ3n) is 5.43. The Kier molecular flexibility index (Phi) is 8.83. The first-order valence-corrected chi connectivity index (χ1v) is 10.9. The molecule has 4 rings (SSSR count). The minimum Gasteiger partial charge on any atom is -0.357 e. The highest BCUT2D eigenvalue weighted by Crippen LogP contribution is 2.18. The molecule has 3 heterocycles. The molecule has 32 heavy (non-hydrogen) atoms. The lowest BCUT2D eigenvalue weighted by molar-refractivity contribution is 0.459. The van der Waals surface area contributed by atoms with Gasteiger partial charge in [-0.15, -0.1) is 24.0 Å². The lowest BCUT2D eigenvalue weighted by Gasteiger charge is -2.33. The van der Waals surface area contributed by atoms with Crippen LogP contribution in [0.25, 0.3) is 11.4 Å². The SMILES string of the molecule is CCNC(=NCc1cccc(-c2ncn[nH]2)c1)NC1CCN(c2ccc(C)cn2)CC1.I. The molecule has 0 amide bonds. The molecule has 9 heteroatoms. The second kappa shape index (κ2) is 11.8. The van der Waals surface area contributed by atoms with Crippen LogP contribution in [0, 0.1) is 6.92 Å². The van der Waals surface area contributed by atoms with Gasteiger partial charge in [-0.3, -0.25) is 5.10 Å². The highest BCUT2D eigenvalue weighted by molar-refractivity contribution is 14.0. The minimum atomic E-state index is 0. The maximum absolute atomic E-state index is 4.81. The van der Waals surface area contributed by atoms with E-state index < -0.39 is 0 Å². The average Bonchev–Trinajstić information content (AvgIpc) is 3.34. The number of rotatable bonds is 6. The Labute approximate surface area is 206 Å². The molecule has 1 aliphatic heterocycles. The van der Waals surface area contributed by atoms with Gasteiger partial charge in [0.25, 0.3) is 0 Å². The summed E-state index contributed by atoms with van der Waals surface area (Å²) in [5.74, 6) is 2.70. The number of aliphatic imine (C=N–C) groups is 1. The van der Waals surface area contributed by atoms with E-state index in [1.165, 1.54) is 11.9 Å². The van der Waals surface area contributed by atoms with Crippen molar-refractivity contribution in [3.8, 4) is 11.4 Å². The molecule has 0 bridgehead atoms. The molecule has 170 valence electrons. The van der Waals surface area contributed by atoms with E-state index in [1.807, 2.05) is 18.3 Å².